The summed E-state index contributed by atoms with van der Waals surface area (Å²) in [6.07, 6.45) is 1.74. The summed E-state index contributed by atoms with van der Waals surface area (Å²) in [7, 11) is 0. The van der Waals surface area contributed by atoms with E-state index in [0.29, 0.717) is 11.6 Å². The zero-order valence-corrected chi connectivity index (χ0v) is 11.3. The molecule has 0 aliphatic carbocycles. The van der Waals surface area contributed by atoms with Gasteiger partial charge in [-0.15, -0.1) is 11.3 Å². The highest BCUT2D eigenvalue weighted by atomic mass is 32.1. The summed E-state index contributed by atoms with van der Waals surface area (Å²) < 4.78 is 0. The standard InChI is InChI=1S/C14H15N3S/c1-11(2)17(10-13-6-4-8-18-13)14-12(9-15)5-3-7-16-14/h3-8,11H,10H2,1-2H3. The van der Waals surface area contributed by atoms with Gasteiger partial charge in [-0.25, -0.2) is 4.98 Å². The Morgan fingerprint density at radius 2 is 2.22 bits per heavy atom. The summed E-state index contributed by atoms with van der Waals surface area (Å²) in [5.41, 5.74) is 0.628. The summed E-state index contributed by atoms with van der Waals surface area (Å²) in [5, 5.41) is 11.2. The van der Waals surface area contributed by atoms with Gasteiger partial charge in [-0.1, -0.05) is 6.07 Å². The number of hydrogen-bond acceptors (Lipinski definition) is 4. The summed E-state index contributed by atoms with van der Waals surface area (Å²) in [5.74, 6) is 0.767. The Hall–Kier alpha value is -1.86. The van der Waals surface area contributed by atoms with E-state index >= 15 is 0 Å². The molecule has 92 valence electrons. The molecule has 2 aromatic heterocycles. The van der Waals surface area contributed by atoms with Crippen LogP contribution < -0.4 is 4.90 Å². The topological polar surface area (TPSA) is 39.9 Å². The van der Waals surface area contributed by atoms with Crippen molar-refractivity contribution >= 4 is 17.2 Å². The zero-order chi connectivity index (χ0) is 13.0. The van der Waals surface area contributed by atoms with Crippen LogP contribution in [0, 0.1) is 11.3 Å². The van der Waals surface area contributed by atoms with Crippen molar-refractivity contribution in [3.05, 3.63) is 46.3 Å². The number of aromatic nitrogens is 1. The lowest BCUT2D eigenvalue weighted by Crippen LogP contribution is -2.31. The number of nitriles is 1. The summed E-state index contributed by atoms with van der Waals surface area (Å²) in [6, 6.07) is 10.3. The first-order valence-corrected chi connectivity index (χ1v) is 6.74. The van der Waals surface area contributed by atoms with Gasteiger partial charge in [0.15, 0.2) is 0 Å². The first-order chi connectivity index (χ1) is 8.72. The van der Waals surface area contributed by atoms with Crippen LogP contribution in [0.2, 0.25) is 0 Å². The third-order valence-corrected chi connectivity index (χ3v) is 3.57. The van der Waals surface area contributed by atoms with E-state index in [1.807, 2.05) is 12.1 Å². The van der Waals surface area contributed by atoms with E-state index in [-0.39, 0.29) is 0 Å². The lowest BCUT2D eigenvalue weighted by molar-refractivity contribution is 0.676. The molecule has 0 radical (unpaired) electrons. The monoisotopic (exact) mass is 257 g/mol. The van der Waals surface area contributed by atoms with Crippen molar-refractivity contribution in [1.82, 2.24) is 4.98 Å². The van der Waals surface area contributed by atoms with Crippen molar-refractivity contribution < 1.29 is 0 Å². The molecule has 0 aromatic carbocycles. The Morgan fingerprint density at radius 1 is 1.39 bits per heavy atom. The number of thiophene rings is 1. The van der Waals surface area contributed by atoms with Crippen LogP contribution in [-0.2, 0) is 6.54 Å². The molecule has 0 saturated carbocycles. The van der Waals surface area contributed by atoms with Gasteiger partial charge in [0, 0.05) is 17.1 Å². The van der Waals surface area contributed by atoms with E-state index in [1.165, 1.54) is 4.88 Å². The van der Waals surface area contributed by atoms with E-state index in [1.54, 1.807) is 23.6 Å². The van der Waals surface area contributed by atoms with E-state index in [9.17, 15) is 0 Å². The van der Waals surface area contributed by atoms with Gasteiger partial charge in [0.25, 0.3) is 0 Å². The van der Waals surface area contributed by atoms with E-state index in [0.717, 1.165) is 12.4 Å². The lowest BCUT2D eigenvalue weighted by atomic mass is 10.2. The predicted octanol–water partition coefficient (Wildman–Crippen LogP) is 3.43. The maximum absolute atomic E-state index is 9.16. The molecule has 3 nitrogen and oxygen atoms in total. The fourth-order valence-electron chi connectivity index (χ4n) is 1.79. The van der Waals surface area contributed by atoms with Crippen LogP contribution in [0.1, 0.15) is 24.3 Å². The van der Waals surface area contributed by atoms with Gasteiger partial charge in [-0.2, -0.15) is 5.26 Å². The molecule has 0 bridgehead atoms. The van der Waals surface area contributed by atoms with Crippen molar-refractivity contribution in [2.45, 2.75) is 26.4 Å². The minimum Gasteiger partial charge on any atom is -0.348 e. The zero-order valence-electron chi connectivity index (χ0n) is 10.5. The molecule has 0 unspecified atom stereocenters. The van der Waals surface area contributed by atoms with Crippen LogP contribution in [0.3, 0.4) is 0 Å². The fraction of sp³-hybridized carbons (Fsp3) is 0.286. The molecule has 0 atom stereocenters. The first kappa shape index (κ1) is 12.6. The molecule has 4 heteroatoms. The van der Waals surface area contributed by atoms with Crippen molar-refractivity contribution in [3.63, 3.8) is 0 Å². The average molecular weight is 257 g/mol. The lowest BCUT2D eigenvalue weighted by Gasteiger charge is -2.28. The smallest absolute Gasteiger partial charge is 0.147 e. The number of nitrogens with zero attached hydrogens (tertiary/aromatic N) is 3. The van der Waals surface area contributed by atoms with E-state index in [2.05, 4.69) is 41.2 Å². The fourth-order valence-corrected chi connectivity index (χ4v) is 2.49. The second-order valence-corrected chi connectivity index (χ2v) is 5.32. The van der Waals surface area contributed by atoms with Crippen molar-refractivity contribution in [2.24, 2.45) is 0 Å². The molecule has 0 amide bonds. The molecule has 0 aliphatic rings. The molecule has 0 N–H and O–H groups in total. The quantitative estimate of drug-likeness (QED) is 0.842. The number of anilines is 1. The third-order valence-electron chi connectivity index (χ3n) is 2.71. The maximum atomic E-state index is 9.16. The molecular formula is C14H15N3S. The molecule has 2 rings (SSSR count). The second-order valence-electron chi connectivity index (χ2n) is 4.29. The van der Waals surface area contributed by atoms with Crippen molar-refractivity contribution in [1.29, 1.82) is 5.26 Å². The second kappa shape index (κ2) is 5.65. The molecule has 2 heterocycles. The number of pyridine rings is 1. The molecule has 0 fully saturated rings. The van der Waals surface area contributed by atoms with Gasteiger partial charge >= 0.3 is 0 Å². The Kier molecular flexibility index (Phi) is 3.96. The molecule has 0 spiro atoms. The van der Waals surface area contributed by atoms with Crippen LogP contribution in [0.15, 0.2) is 35.8 Å². The Morgan fingerprint density at radius 3 is 2.83 bits per heavy atom. The minimum atomic E-state index is 0.300. The van der Waals surface area contributed by atoms with Crippen LogP contribution in [0.4, 0.5) is 5.82 Å². The first-order valence-electron chi connectivity index (χ1n) is 5.86. The van der Waals surface area contributed by atoms with Crippen LogP contribution in [0.5, 0.6) is 0 Å². The normalized spacial score (nSPS) is 10.3. The predicted molar refractivity (Wildman–Crippen MR) is 74.6 cm³/mol. The van der Waals surface area contributed by atoms with Gasteiger partial charge < -0.3 is 4.90 Å². The third kappa shape index (κ3) is 2.69. The van der Waals surface area contributed by atoms with Crippen molar-refractivity contribution in [3.8, 4) is 6.07 Å². The van der Waals surface area contributed by atoms with Gasteiger partial charge in [0.2, 0.25) is 0 Å². The molecular weight excluding hydrogens is 242 g/mol. The average Bonchev–Trinajstić information content (AvgIpc) is 2.88. The van der Waals surface area contributed by atoms with Crippen LogP contribution >= 0.6 is 11.3 Å². The Balaban J connectivity index is 2.33. The SMILES string of the molecule is CC(C)N(Cc1cccs1)c1ncccc1C#N. The molecule has 2 aromatic rings. The van der Waals surface area contributed by atoms with Crippen LogP contribution in [0.25, 0.3) is 0 Å². The van der Waals surface area contributed by atoms with E-state index < -0.39 is 0 Å². The molecule has 0 saturated heterocycles. The molecule has 18 heavy (non-hydrogen) atoms. The summed E-state index contributed by atoms with van der Waals surface area (Å²) in [6.45, 7) is 5.02. The van der Waals surface area contributed by atoms with Crippen LogP contribution in [-0.4, -0.2) is 11.0 Å². The van der Waals surface area contributed by atoms with Gasteiger partial charge in [-0.05, 0) is 37.4 Å². The largest absolute Gasteiger partial charge is 0.348 e. The summed E-state index contributed by atoms with van der Waals surface area (Å²) in [4.78, 5) is 7.79. The van der Waals surface area contributed by atoms with Gasteiger partial charge in [-0.3, -0.25) is 0 Å². The Labute approximate surface area is 111 Å². The highest BCUT2D eigenvalue weighted by Crippen LogP contribution is 2.23. The highest BCUT2D eigenvalue weighted by Gasteiger charge is 2.16. The summed E-state index contributed by atoms with van der Waals surface area (Å²) >= 11 is 1.72. The number of rotatable bonds is 4. The van der Waals surface area contributed by atoms with E-state index in [4.69, 9.17) is 5.26 Å². The number of hydrogen-bond donors (Lipinski definition) is 0. The minimum absolute atomic E-state index is 0.300. The van der Waals surface area contributed by atoms with Gasteiger partial charge in [0.1, 0.15) is 11.9 Å². The molecule has 0 aliphatic heterocycles. The Bertz CT molecular complexity index is 540. The van der Waals surface area contributed by atoms with Gasteiger partial charge in [0.05, 0.1) is 12.1 Å². The maximum Gasteiger partial charge on any atom is 0.147 e. The highest BCUT2D eigenvalue weighted by molar-refractivity contribution is 7.09. The van der Waals surface area contributed by atoms with Crippen molar-refractivity contribution in [2.75, 3.05) is 4.90 Å².